The molecule has 1 aliphatic heterocycles. The molecule has 0 bridgehead atoms. The third-order valence-corrected chi connectivity index (χ3v) is 5.94. The van der Waals surface area contributed by atoms with Crippen LogP contribution in [0.15, 0.2) is 71.3 Å². The second kappa shape index (κ2) is 7.87. The van der Waals surface area contributed by atoms with E-state index in [1.54, 1.807) is 0 Å². The summed E-state index contributed by atoms with van der Waals surface area (Å²) in [5.74, 6) is 0.983. The van der Waals surface area contributed by atoms with Gasteiger partial charge in [0.05, 0.1) is 6.04 Å². The Morgan fingerprint density at radius 2 is 1.61 bits per heavy atom. The van der Waals surface area contributed by atoms with Gasteiger partial charge in [0.15, 0.2) is 0 Å². The predicted molar refractivity (Wildman–Crippen MR) is 118 cm³/mol. The molecule has 1 unspecified atom stereocenters. The minimum Gasteiger partial charge on any atom is -0.416 e. The first kappa shape index (κ1) is 19.3. The Kier molecular flexibility index (Phi) is 4.90. The van der Waals surface area contributed by atoms with Crippen LogP contribution in [0.5, 0.6) is 0 Å². The summed E-state index contributed by atoms with van der Waals surface area (Å²) in [4.78, 5) is 15.2. The zero-order valence-electron chi connectivity index (χ0n) is 17.7. The molecule has 2 aromatic heterocycles. The van der Waals surface area contributed by atoms with E-state index in [2.05, 4.69) is 20.8 Å². The number of aryl methyl sites for hydroxylation is 2. The Morgan fingerprint density at radius 1 is 0.968 bits per heavy atom. The van der Waals surface area contributed by atoms with Gasteiger partial charge in [0.2, 0.25) is 11.8 Å². The summed E-state index contributed by atoms with van der Waals surface area (Å²) in [6, 6.07) is 19.6. The minimum absolute atomic E-state index is 0.0566. The normalized spacial score (nSPS) is 16.1. The molecule has 0 saturated carbocycles. The highest BCUT2D eigenvalue weighted by atomic mass is 16.4. The molecule has 0 spiro atoms. The van der Waals surface area contributed by atoms with Crippen molar-refractivity contribution in [2.24, 2.45) is 7.05 Å². The van der Waals surface area contributed by atoms with E-state index in [9.17, 15) is 4.79 Å². The smallest absolute Gasteiger partial charge is 0.254 e. The zero-order valence-corrected chi connectivity index (χ0v) is 17.7. The van der Waals surface area contributed by atoms with Crippen molar-refractivity contribution in [1.29, 1.82) is 0 Å². The largest absolute Gasteiger partial charge is 0.416 e. The van der Waals surface area contributed by atoms with E-state index in [-0.39, 0.29) is 11.9 Å². The van der Waals surface area contributed by atoms with Crippen LogP contribution in [0, 0.1) is 6.92 Å². The van der Waals surface area contributed by atoms with Crippen molar-refractivity contribution in [2.75, 3.05) is 6.54 Å². The molecule has 5 rings (SSSR count). The maximum Gasteiger partial charge on any atom is 0.254 e. The van der Waals surface area contributed by atoms with E-state index in [0.717, 1.165) is 30.5 Å². The summed E-state index contributed by atoms with van der Waals surface area (Å²) in [5, 5.41) is 8.34. The molecule has 1 fully saturated rings. The molecule has 0 aliphatic carbocycles. The monoisotopic (exact) mass is 412 g/mol. The van der Waals surface area contributed by atoms with Gasteiger partial charge in [-0.25, -0.2) is 0 Å². The first-order valence-electron chi connectivity index (χ1n) is 10.5. The van der Waals surface area contributed by atoms with E-state index >= 15 is 0 Å². The van der Waals surface area contributed by atoms with Gasteiger partial charge in [-0.15, -0.1) is 10.2 Å². The van der Waals surface area contributed by atoms with Crippen molar-refractivity contribution >= 4 is 5.91 Å². The molecule has 6 nitrogen and oxygen atoms in total. The Bertz CT molecular complexity index is 1210. The summed E-state index contributed by atoms with van der Waals surface area (Å²) in [6.07, 6.45) is 4.04. The Labute approximate surface area is 181 Å². The molecule has 2 aromatic carbocycles. The lowest BCUT2D eigenvalue weighted by molar-refractivity contribution is 0.0731. The van der Waals surface area contributed by atoms with Crippen molar-refractivity contribution < 1.29 is 9.21 Å². The lowest BCUT2D eigenvalue weighted by Crippen LogP contribution is -2.31. The molecular formula is C25H24N4O2. The standard InChI is InChI=1S/C25H24N4O2/c1-17-7-9-18(10-8-17)23-26-27-24(31-23)19-11-13-20(14-12-19)25(30)29-16-4-6-22(29)21-5-3-15-28(21)2/h3,5,7-15,22H,4,6,16H2,1-2H3. The van der Waals surface area contributed by atoms with Crippen molar-refractivity contribution in [3.8, 4) is 22.9 Å². The fraction of sp³-hybridized carbons (Fsp3) is 0.240. The van der Waals surface area contributed by atoms with Crippen LogP contribution in [0.25, 0.3) is 22.9 Å². The molecule has 6 heteroatoms. The molecule has 1 amide bonds. The van der Waals surface area contributed by atoms with E-state index in [0.29, 0.717) is 17.3 Å². The summed E-state index contributed by atoms with van der Waals surface area (Å²) in [5.41, 5.74) is 4.70. The highest BCUT2D eigenvalue weighted by Gasteiger charge is 2.31. The van der Waals surface area contributed by atoms with Gasteiger partial charge in [-0.1, -0.05) is 17.7 Å². The molecular weight excluding hydrogens is 388 g/mol. The number of hydrogen-bond donors (Lipinski definition) is 0. The molecule has 31 heavy (non-hydrogen) atoms. The van der Waals surface area contributed by atoms with Gasteiger partial charge in [-0.3, -0.25) is 4.79 Å². The minimum atomic E-state index is 0.0566. The molecule has 0 radical (unpaired) electrons. The Balaban J connectivity index is 1.35. The average Bonchev–Trinajstić information content (AvgIpc) is 3.54. The summed E-state index contributed by atoms with van der Waals surface area (Å²) in [7, 11) is 2.03. The molecule has 1 saturated heterocycles. The van der Waals surface area contributed by atoms with Crippen LogP contribution >= 0.6 is 0 Å². The van der Waals surface area contributed by atoms with Crippen LogP contribution in [0.2, 0.25) is 0 Å². The lowest BCUT2D eigenvalue weighted by Gasteiger charge is -2.25. The molecule has 156 valence electrons. The summed E-state index contributed by atoms with van der Waals surface area (Å²) in [6.45, 7) is 2.82. The van der Waals surface area contributed by atoms with Crippen molar-refractivity contribution in [2.45, 2.75) is 25.8 Å². The van der Waals surface area contributed by atoms with Gasteiger partial charge in [0.1, 0.15) is 0 Å². The zero-order chi connectivity index (χ0) is 21.4. The number of benzene rings is 2. The number of aromatic nitrogens is 3. The Morgan fingerprint density at radius 3 is 2.23 bits per heavy atom. The second-order valence-electron chi connectivity index (χ2n) is 8.06. The summed E-state index contributed by atoms with van der Waals surface area (Å²) >= 11 is 0. The average molecular weight is 412 g/mol. The van der Waals surface area contributed by atoms with Crippen LogP contribution < -0.4 is 0 Å². The predicted octanol–water partition coefficient (Wildman–Crippen LogP) is 5.03. The van der Waals surface area contributed by atoms with Gasteiger partial charge >= 0.3 is 0 Å². The maximum atomic E-state index is 13.2. The van der Waals surface area contributed by atoms with E-state index in [1.165, 1.54) is 11.3 Å². The highest BCUT2D eigenvalue weighted by molar-refractivity contribution is 5.95. The van der Waals surface area contributed by atoms with Crippen molar-refractivity contribution in [3.05, 3.63) is 83.7 Å². The number of nitrogens with zero attached hydrogens (tertiary/aromatic N) is 4. The van der Waals surface area contributed by atoms with Crippen LogP contribution in [0.1, 0.15) is 40.5 Å². The molecule has 1 aliphatic rings. The number of carbonyl (C=O) groups is 1. The van der Waals surface area contributed by atoms with Gasteiger partial charge < -0.3 is 13.9 Å². The van der Waals surface area contributed by atoms with Gasteiger partial charge in [-0.05, 0) is 68.3 Å². The molecule has 0 N–H and O–H groups in total. The van der Waals surface area contributed by atoms with Crippen LogP contribution in [-0.2, 0) is 7.05 Å². The lowest BCUT2D eigenvalue weighted by atomic mass is 10.1. The molecule has 3 heterocycles. The van der Waals surface area contributed by atoms with Crippen LogP contribution in [-0.4, -0.2) is 32.1 Å². The number of carbonyl (C=O) groups excluding carboxylic acids is 1. The third kappa shape index (κ3) is 3.65. The van der Waals surface area contributed by atoms with Crippen LogP contribution in [0.4, 0.5) is 0 Å². The van der Waals surface area contributed by atoms with Crippen molar-refractivity contribution in [3.63, 3.8) is 0 Å². The van der Waals surface area contributed by atoms with Gasteiger partial charge in [0, 0.05) is 42.2 Å². The van der Waals surface area contributed by atoms with E-state index < -0.39 is 0 Å². The summed E-state index contributed by atoms with van der Waals surface area (Å²) < 4.78 is 7.95. The first-order valence-corrected chi connectivity index (χ1v) is 10.5. The quantitative estimate of drug-likeness (QED) is 0.472. The van der Waals surface area contributed by atoms with Crippen molar-refractivity contribution in [1.82, 2.24) is 19.7 Å². The number of rotatable bonds is 4. The van der Waals surface area contributed by atoms with E-state index in [4.69, 9.17) is 4.42 Å². The van der Waals surface area contributed by atoms with E-state index in [1.807, 2.05) is 79.7 Å². The fourth-order valence-corrected chi connectivity index (χ4v) is 4.21. The highest BCUT2D eigenvalue weighted by Crippen LogP contribution is 2.33. The molecule has 1 atom stereocenters. The third-order valence-electron chi connectivity index (χ3n) is 5.94. The maximum absolute atomic E-state index is 13.2. The topological polar surface area (TPSA) is 64.2 Å². The molecule has 4 aromatic rings. The first-order chi connectivity index (χ1) is 15.1. The number of hydrogen-bond acceptors (Lipinski definition) is 4. The SMILES string of the molecule is Cc1ccc(-c2nnc(-c3ccc(C(=O)N4CCCC4c4cccn4C)cc3)o2)cc1. The Hall–Kier alpha value is -3.67. The number of likely N-dealkylation sites (tertiary alicyclic amines) is 1. The second-order valence-corrected chi connectivity index (χ2v) is 8.06. The van der Waals surface area contributed by atoms with Crippen LogP contribution in [0.3, 0.4) is 0 Å². The van der Waals surface area contributed by atoms with Gasteiger partial charge in [0.25, 0.3) is 5.91 Å². The number of amides is 1. The van der Waals surface area contributed by atoms with Gasteiger partial charge in [-0.2, -0.15) is 0 Å². The fourth-order valence-electron chi connectivity index (χ4n) is 4.21.